The summed E-state index contributed by atoms with van der Waals surface area (Å²) in [4.78, 5) is 98.1. The molecule has 0 spiro atoms. The van der Waals surface area contributed by atoms with Crippen LogP contribution in [0.25, 0.3) is 0 Å². The Labute approximate surface area is 354 Å². The minimum absolute atomic E-state index is 0.0463. The van der Waals surface area contributed by atoms with E-state index >= 15 is 0 Å². The van der Waals surface area contributed by atoms with Crippen LogP contribution in [0.5, 0.6) is 0 Å². The van der Waals surface area contributed by atoms with Gasteiger partial charge in [-0.15, -0.1) is 0 Å². The fourth-order valence-corrected chi connectivity index (χ4v) is 10.00. The lowest BCUT2D eigenvalue weighted by Gasteiger charge is -2.32. The van der Waals surface area contributed by atoms with E-state index in [-0.39, 0.29) is 60.5 Å². The SMILES string of the molecule is C[C@]1(CC(=O)O)C(CCC(=O)O)=C2/C=C3\NC(/C=C4/NC(=C(CC(=O)O)[C@H]4CCC(=O)O)/C=C4\NC(/C=C/1N2)[C@@H](CCC(=O)O)[C@]4(C)CC(=O)O)[C@H](CCC(=O)O)[C@@H]3CC(=O)O. The number of hydrogen-bond acceptors (Lipinski definition) is 12. The van der Waals surface area contributed by atoms with Crippen molar-refractivity contribution in [2.45, 2.75) is 103 Å². The Morgan fingerprint density at radius 2 is 1.19 bits per heavy atom. The quantitative estimate of drug-likeness (QED) is 0.0836. The fraction of sp³-hybridized carbons (Fsp3) is 0.524. The first-order valence-corrected chi connectivity index (χ1v) is 20.2. The first-order valence-electron chi connectivity index (χ1n) is 20.2. The molecule has 2 unspecified atom stereocenters. The highest BCUT2D eigenvalue weighted by molar-refractivity contribution is 5.74. The molecule has 62 heavy (non-hydrogen) atoms. The summed E-state index contributed by atoms with van der Waals surface area (Å²) in [6.07, 6.45) is 2.16. The van der Waals surface area contributed by atoms with Gasteiger partial charge in [0.05, 0.1) is 25.7 Å². The molecule has 0 aliphatic carbocycles. The van der Waals surface area contributed by atoms with Gasteiger partial charge in [-0.25, -0.2) is 0 Å². The van der Waals surface area contributed by atoms with Crippen molar-refractivity contribution < 1.29 is 79.2 Å². The summed E-state index contributed by atoms with van der Waals surface area (Å²) in [5.74, 6) is -13.0. The van der Waals surface area contributed by atoms with Crippen LogP contribution in [0, 0.1) is 34.5 Å². The Hall–Kier alpha value is -6.60. The first-order chi connectivity index (χ1) is 29.0. The lowest BCUT2D eigenvalue weighted by atomic mass is 9.69. The highest BCUT2D eigenvalue weighted by atomic mass is 16.4. The van der Waals surface area contributed by atoms with E-state index in [9.17, 15) is 79.2 Å². The molecular weight excluding hydrogens is 816 g/mol. The topological polar surface area (TPSA) is 347 Å². The Kier molecular flexibility index (Phi) is 13.9. The number of allylic oxidation sites excluding steroid dienone is 6. The summed E-state index contributed by atoms with van der Waals surface area (Å²) in [6, 6.07) is -1.75. The zero-order valence-electron chi connectivity index (χ0n) is 34.1. The van der Waals surface area contributed by atoms with Gasteiger partial charge in [-0.05, 0) is 79.9 Å². The molecule has 0 radical (unpaired) electrons. The largest absolute Gasteiger partial charge is 0.481 e. The number of aliphatic carboxylic acids is 8. The molecule has 2 saturated heterocycles. The molecular formula is C42H52N4O16. The molecule has 8 atom stereocenters. The predicted octanol–water partition coefficient (Wildman–Crippen LogP) is 3.03. The van der Waals surface area contributed by atoms with Crippen molar-refractivity contribution in [1.82, 2.24) is 21.3 Å². The average molecular weight is 869 g/mol. The lowest BCUT2D eigenvalue weighted by Crippen LogP contribution is -2.34. The van der Waals surface area contributed by atoms with Crippen LogP contribution in [0.3, 0.4) is 0 Å². The molecule has 5 aliphatic rings. The Morgan fingerprint density at radius 3 is 1.77 bits per heavy atom. The van der Waals surface area contributed by atoms with E-state index in [1.165, 1.54) is 6.08 Å². The summed E-state index contributed by atoms with van der Waals surface area (Å²) in [5.41, 5.74) is -0.681. The van der Waals surface area contributed by atoms with Gasteiger partial charge >= 0.3 is 47.8 Å². The molecule has 20 nitrogen and oxygen atoms in total. The lowest BCUT2D eigenvalue weighted by molar-refractivity contribution is -0.140. The molecule has 12 N–H and O–H groups in total. The fourth-order valence-electron chi connectivity index (χ4n) is 10.00. The second-order valence-electron chi connectivity index (χ2n) is 17.0. The third-order valence-electron chi connectivity index (χ3n) is 12.8. The summed E-state index contributed by atoms with van der Waals surface area (Å²) in [6.45, 7) is 3.21. The zero-order chi connectivity index (χ0) is 45.8. The van der Waals surface area contributed by atoms with E-state index < -0.39 is 139 Å². The second-order valence-corrected chi connectivity index (χ2v) is 17.0. The number of carboxylic acid groups (broad SMARTS) is 8. The van der Waals surface area contributed by atoms with Crippen molar-refractivity contribution >= 4 is 47.8 Å². The maximum Gasteiger partial charge on any atom is 0.307 e. The van der Waals surface area contributed by atoms with Crippen molar-refractivity contribution in [2.24, 2.45) is 34.5 Å². The average Bonchev–Trinajstić information content (AvgIpc) is 3.77. The maximum absolute atomic E-state index is 12.6. The maximum atomic E-state index is 12.6. The van der Waals surface area contributed by atoms with Crippen molar-refractivity contribution in [2.75, 3.05) is 0 Å². The molecule has 20 heteroatoms. The molecule has 2 fully saturated rings. The monoisotopic (exact) mass is 868 g/mol. The molecule has 5 heterocycles. The van der Waals surface area contributed by atoms with Crippen LogP contribution in [0.1, 0.15) is 90.9 Å². The van der Waals surface area contributed by atoms with Gasteiger partial charge in [0.25, 0.3) is 0 Å². The van der Waals surface area contributed by atoms with Gasteiger partial charge in [0.2, 0.25) is 0 Å². The van der Waals surface area contributed by atoms with E-state index in [1.807, 2.05) is 0 Å². The van der Waals surface area contributed by atoms with Crippen LogP contribution in [-0.2, 0) is 38.4 Å². The highest BCUT2D eigenvalue weighted by Crippen LogP contribution is 2.53. The van der Waals surface area contributed by atoms with Crippen molar-refractivity contribution in [1.29, 1.82) is 0 Å². The van der Waals surface area contributed by atoms with Crippen molar-refractivity contribution in [3.8, 4) is 0 Å². The van der Waals surface area contributed by atoms with Gasteiger partial charge in [-0.1, -0.05) is 6.92 Å². The van der Waals surface area contributed by atoms with E-state index in [0.717, 1.165) is 0 Å². The Balaban J connectivity index is 1.89. The molecule has 8 bridgehead atoms. The highest BCUT2D eigenvalue weighted by Gasteiger charge is 2.52. The van der Waals surface area contributed by atoms with E-state index in [1.54, 1.807) is 32.1 Å². The summed E-state index contributed by atoms with van der Waals surface area (Å²) >= 11 is 0. The van der Waals surface area contributed by atoms with Crippen molar-refractivity contribution in [3.63, 3.8) is 0 Å². The van der Waals surface area contributed by atoms with Gasteiger partial charge in [0.15, 0.2) is 0 Å². The number of fused-ring (bicyclic) bond motifs is 8. The van der Waals surface area contributed by atoms with Crippen LogP contribution in [0.15, 0.2) is 69.6 Å². The van der Waals surface area contributed by atoms with E-state index in [4.69, 9.17) is 0 Å². The third kappa shape index (κ3) is 10.3. The standard InChI is InChI=1S/C42H52N4O16/c1-41(17-39(59)60)23(5-9-35(51)52)29-14-27-21(11-37(55)56)19(3-7-33(47)48)25(43-27)13-26-20(4-8-34(49)50)22(12-38(57)58)28(44-26)15-31-42(2,18-40(61)62)24(6-10-36(53)54)30(46-31)16-32(41)45-29/h13-16,19-21,24-25,30,43-46H,3-12,17-18H2,1-2H3,(H,47,48)(H,49,50)(H,51,52)(H,53,54)(H,55,56)(H,57,58)(H,59,60)(H,61,62)/b26-13+,27-14-,31-15-,32-16-/t19-,20-,21+,24-,25?,30?,41+,42+/m1/s1. The number of carbonyl (C=O) groups is 8. The Bertz CT molecular complexity index is 2130. The third-order valence-corrected chi connectivity index (χ3v) is 12.8. The van der Waals surface area contributed by atoms with Gasteiger partial charge in [-0.2, -0.15) is 0 Å². The van der Waals surface area contributed by atoms with E-state index in [0.29, 0.717) is 17.0 Å². The van der Waals surface area contributed by atoms with Gasteiger partial charge in [-0.3, -0.25) is 38.4 Å². The normalized spacial score (nSPS) is 32.0. The number of carboxylic acids is 8. The first kappa shape index (κ1) is 46.5. The van der Waals surface area contributed by atoms with Crippen LogP contribution in [-0.4, -0.2) is 101 Å². The number of nitrogens with one attached hydrogen (secondary N) is 4. The zero-order valence-corrected chi connectivity index (χ0v) is 34.1. The molecule has 5 aliphatic heterocycles. The van der Waals surface area contributed by atoms with Crippen LogP contribution < -0.4 is 21.3 Å². The molecule has 0 saturated carbocycles. The minimum Gasteiger partial charge on any atom is -0.481 e. The molecule has 0 aromatic rings. The molecule has 336 valence electrons. The molecule has 0 aromatic heterocycles. The molecule has 0 amide bonds. The number of rotatable bonds is 20. The molecule has 5 rings (SSSR count). The number of hydrogen-bond donors (Lipinski definition) is 12. The van der Waals surface area contributed by atoms with Gasteiger partial charge in [0, 0.05) is 94.6 Å². The smallest absolute Gasteiger partial charge is 0.307 e. The second kappa shape index (κ2) is 18.6. The molecule has 0 aromatic carbocycles. The van der Waals surface area contributed by atoms with Crippen molar-refractivity contribution in [3.05, 3.63) is 69.6 Å². The summed E-state index contributed by atoms with van der Waals surface area (Å²) < 4.78 is 0. The van der Waals surface area contributed by atoms with Gasteiger partial charge in [0.1, 0.15) is 0 Å². The van der Waals surface area contributed by atoms with E-state index in [2.05, 4.69) is 21.3 Å². The van der Waals surface area contributed by atoms with Crippen LogP contribution >= 0.6 is 0 Å². The summed E-state index contributed by atoms with van der Waals surface area (Å²) in [5, 5.41) is 93.1. The Morgan fingerprint density at radius 1 is 0.581 bits per heavy atom. The predicted molar refractivity (Wildman–Crippen MR) is 213 cm³/mol. The van der Waals surface area contributed by atoms with Gasteiger partial charge < -0.3 is 62.1 Å². The van der Waals surface area contributed by atoms with Crippen LogP contribution in [0.2, 0.25) is 0 Å². The summed E-state index contributed by atoms with van der Waals surface area (Å²) in [7, 11) is 0. The minimum atomic E-state index is -1.45. The van der Waals surface area contributed by atoms with Crippen LogP contribution in [0.4, 0.5) is 0 Å².